The molecular formula is C19H30ClN3O3S. The van der Waals surface area contributed by atoms with Gasteiger partial charge in [-0.3, -0.25) is 4.79 Å². The summed E-state index contributed by atoms with van der Waals surface area (Å²) >= 11 is 0. The average Bonchev–Trinajstić information content (AvgIpc) is 2.95. The summed E-state index contributed by atoms with van der Waals surface area (Å²) in [5.74, 6) is 0.289. The number of halogens is 1. The summed E-state index contributed by atoms with van der Waals surface area (Å²) in [5, 5.41) is 0. The molecule has 1 aliphatic carbocycles. The van der Waals surface area contributed by atoms with Crippen molar-refractivity contribution in [3.05, 3.63) is 23.8 Å². The highest BCUT2D eigenvalue weighted by Crippen LogP contribution is 2.34. The highest BCUT2D eigenvalue weighted by molar-refractivity contribution is 7.89. The lowest BCUT2D eigenvalue weighted by Crippen LogP contribution is -2.45. The molecule has 1 heterocycles. The second kappa shape index (κ2) is 8.90. The number of benzene rings is 1. The van der Waals surface area contributed by atoms with Gasteiger partial charge in [-0.25, -0.2) is 13.1 Å². The number of nitrogens with one attached hydrogen (secondary N) is 1. The molecule has 0 bridgehead atoms. The van der Waals surface area contributed by atoms with E-state index in [0.717, 1.165) is 36.9 Å². The van der Waals surface area contributed by atoms with Crippen molar-refractivity contribution in [2.75, 3.05) is 11.4 Å². The molecule has 1 aromatic carbocycles. The first kappa shape index (κ1) is 22.1. The van der Waals surface area contributed by atoms with Crippen LogP contribution in [0.1, 0.15) is 51.5 Å². The Morgan fingerprint density at radius 3 is 2.56 bits per heavy atom. The molecule has 0 radical (unpaired) electrons. The number of nitrogens with two attached hydrogens (primary N) is 1. The first-order chi connectivity index (χ1) is 12.3. The standard InChI is InChI=1S/C19H29N3O3S.ClH/c1-13-10-16-11-17(8-9-19(16)22(13)14(2)23)26(24,25)21-18(12-20)15-6-4-3-5-7-15;/h8-9,11,13,15,18,21H,3-7,10,12,20H2,1-2H3;1H. The van der Waals surface area contributed by atoms with Crippen LogP contribution in [0.2, 0.25) is 0 Å². The van der Waals surface area contributed by atoms with Gasteiger partial charge in [-0.2, -0.15) is 0 Å². The van der Waals surface area contributed by atoms with Crippen molar-refractivity contribution in [1.82, 2.24) is 4.72 Å². The molecule has 3 rings (SSSR count). The highest BCUT2D eigenvalue weighted by atomic mass is 35.5. The summed E-state index contributed by atoms with van der Waals surface area (Å²) in [7, 11) is -3.63. The molecule has 1 aromatic rings. The first-order valence-corrected chi connectivity index (χ1v) is 11.0. The zero-order valence-electron chi connectivity index (χ0n) is 16.0. The van der Waals surface area contributed by atoms with Crippen molar-refractivity contribution in [1.29, 1.82) is 0 Å². The van der Waals surface area contributed by atoms with Crippen molar-refractivity contribution in [3.63, 3.8) is 0 Å². The molecule has 2 aliphatic rings. The number of fused-ring (bicyclic) bond motifs is 1. The van der Waals surface area contributed by atoms with Crippen LogP contribution in [0.3, 0.4) is 0 Å². The Bertz CT molecular complexity index is 778. The van der Waals surface area contributed by atoms with Crippen LogP contribution < -0.4 is 15.4 Å². The van der Waals surface area contributed by atoms with Gasteiger partial charge >= 0.3 is 0 Å². The van der Waals surface area contributed by atoms with E-state index in [1.165, 1.54) is 13.3 Å². The van der Waals surface area contributed by atoms with E-state index in [1.54, 1.807) is 23.1 Å². The number of anilines is 1. The topological polar surface area (TPSA) is 92.5 Å². The van der Waals surface area contributed by atoms with Gasteiger partial charge in [0, 0.05) is 31.2 Å². The lowest BCUT2D eigenvalue weighted by molar-refractivity contribution is -0.116. The first-order valence-electron chi connectivity index (χ1n) is 9.48. The van der Waals surface area contributed by atoms with E-state index in [1.807, 2.05) is 6.92 Å². The second-order valence-electron chi connectivity index (χ2n) is 7.59. The van der Waals surface area contributed by atoms with Crippen LogP contribution in [0, 0.1) is 5.92 Å². The smallest absolute Gasteiger partial charge is 0.240 e. The van der Waals surface area contributed by atoms with Gasteiger partial charge in [0.25, 0.3) is 0 Å². The van der Waals surface area contributed by atoms with Crippen LogP contribution in [0.25, 0.3) is 0 Å². The van der Waals surface area contributed by atoms with Crippen LogP contribution in [-0.2, 0) is 21.2 Å². The molecule has 3 N–H and O–H groups in total. The zero-order valence-corrected chi connectivity index (χ0v) is 17.6. The normalized spacial score (nSPS) is 21.4. The molecule has 1 amide bonds. The van der Waals surface area contributed by atoms with Gasteiger partial charge in [0.05, 0.1) is 4.90 Å². The van der Waals surface area contributed by atoms with Crippen molar-refractivity contribution in [2.24, 2.45) is 11.7 Å². The molecule has 6 nitrogen and oxygen atoms in total. The Hall–Kier alpha value is -1.15. The fourth-order valence-electron chi connectivity index (χ4n) is 4.40. The van der Waals surface area contributed by atoms with Crippen LogP contribution in [0.5, 0.6) is 0 Å². The minimum Gasteiger partial charge on any atom is -0.329 e. The lowest BCUT2D eigenvalue weighted by atomic mass is 9.84. The number of hydrogen-bond acceptors (Lipinski definition) is 4. The molecule has 0 aromatic heterocycles. The summed E-state index contributed by atoms with van der Waals surface area (Å²) in [4.78, 5) is 13.8. The Labute approximate surface area is 168 Å². The molecule has 1 aliphatic heterocycles. The molecule has 27 heavy (non-hydrogen) atoms. The van der Waals surface area contributed by atoms with Crippen LogP contribution in [-0.4, -0.2) is 33.0 Å². The molecule has 2 unspecified atom stereocenters. The van der Waals surface area contributed by atoms with Gasteiger partial charge in [0.1, 0.15) is 0 Å². The Kier molecular flexibility index (Phi) is 7.30. The van der Waals surface area contributed by atoms with E-state index in [4.69, 9.17) is 5.73 Å². The number of nitrogens with zero attached hydrogens (tertiary/aromatic N) is 1. The summed E-state index contributed by atoms with van der Waals surface area (Å²) < 4.78 is 28.6. The number of amides is 1. The Morgan fingerprint density at radius 2 is 1.96 bits per heavy atom. The minimum atomic E-state index is -3.63. The molecule has 8 heteroatoms. The van der Waals surface area contributed by atoms with Crippen molar-refractivity contribution < 1.29 is 13.2 Å². The summed E-state index contributed by atoms with van der Waals surface area (Å²) in [6.07, 6.45) is 6.22. The Balaban J connectivity index is 0.00000261. The molecule has 1 saturated carbocycles. The second-order valence-corrected chi connectivity index (χ2v) is 9.31. The predicted octanol–water partition coefficient (Wildman–Crippen LogP) is 2.59. The van der Waals surface area contributed by atoms with Crippen LogP contribution in [0.4, 0.5) is 5.69 Å². The van der Waals surface area contributed by atoms with Crippen LogP contribution in [0.15, 0.2) is 23.1 Å². The molecule has 152 valence electrons. The average molecular weight is 416 g/mol. The van der Waals surface area contributed by atoms with Gasteiger partial charge in [0.2, 0.25) is 15.9 Å². The number of carbonyl (C=O) groups is 1. The molecule has 0 saturated heterocycles. The largest absolute Gasteiger partial charge is 0.329 e. The van der Waals surface area contributed by atoms with E-state index in [-0.39, 0.29) is 35.3 Å². The molecular weight excluding hydrogens is 386 g/mol. The maximum absolute atomic E-state index is 12.9. The van der Waals surface area contributed by atoms with Crippen LogP contribution >= 0.6 is 12.4 Å². The van der Waals surface area contributed by atoms with Gasteiger partial charge < -0.3 is 10.6 Å². The van der Waals surface area contributed by atoms with Gasteiger partial charge in [-0.1, -0.05) is 19.3 Å². The van der Waals surface area contributed by atoms with E-state index in [0.29, 0.717) is 18.9 Å². The predicted molar refractivity (Wildman–Crippen MR) is 110 cm³/mol. The number of rotatable bonds is 5. The van der Waals surface area contributed by atoms with Crippen molar-refractivity contribution in [3.8, 4) is 0 Å². The molecule has 2 atom stereocenters. The maximum Gasteiger partial charge on any atom is 0.240 e. The minimum absolute atomic E-state index is 0. The number of carbonyl (C=O) groups excluding carboxylic acids is 1. The monoisotopic (exact) mass is 415 g/mol. The maximum atomic E-state index is 12.9. The third kappa shape index (κ3) is 4.65. The number of sulfonamides is 1. The van der Waals surface area contributed by atoms with Gasteiger partial charge in [-0.15, -0.1) is 12.4 Å². The summed E-state index contributed by atoms with van der Waals surface area (Å²) in [6.45, 7) is 3.82. The molecule has 0 spiro atoms. The zero-order chi connectivity index (χ0) is 18.9. The fourth-order valence-corrected chi connectivity index (χ4v) is 5.76. The fraction of sp³-hybridized carbons (Fsp3) is 0.632. The third-order valence-corrected chi connectivity index (χ3v) is 7.18. The van der Waals surface area contributed by atoms with E-state index in [9.17, 15) is 13.2 Å². The number of hydrogen-bond donors (Lipinski definition) is 2. The highest BCUT2D eigenvalue weighted by Gasteiger charge is 2.32. The van der Waals surface area contributed by atoms with E-state index >= 15 is 0 Å². The summed E-state index contributed by atoms with van der Waals surface area (Å²) in [5.41, 5.74) is 7.59. The molecule has 1 fully saturated rings. The SMILES string of the molecule is CC(=O)N1c2ccc(S(=O)(=O)NC(CN)C3CCCCC3)cc2CC1C.Cl. The third-order valence-electron chi connectivity index (χ3n) is 5.70. The lowest BCUT2D eigenvalue weighted by Gasteiger charge is -2.29. The Morgan fingerprint density at radius 1 is 1.30 bits per heavy atom. The van der Waals surface area contributed by atoms with Crippen molar-refractivity contribution in [2.45, 2.75) is 69.4 Å². The van der Waals surface area contributed by atoms with Gasteiger partial charge in [-0.05, 0) is 55.9 Å². The van der Waals surface area contributed by atoms with Crippen molar-refractivity contribution >= 4 is 34.0 Å². The van der Waals surface area contributed by atoms with E-state index in [2.05, 4.69) is 4.72 Å². The van der Waals surface area contributed by atoms with E-state index < -0.39 is 10.0 Å². The van der Waals surface area contributed by atoms with Gasteiger partial charge in [0.15, 0.2) is 0 Å². The summed E-state index contributed by atoms with van der Waals surface area (Å²) in [6, 6.07) is 4.86. The quantitative estimate of drug-likeness (QED) is 0.772.